The van der Waals surface area contributed by atoms with Crippen LogP contribution < -0.4 is 0 Å². The van der Waals surface area contributed by atoms with Gasteiger partial charge in [-0.1, -0.05) is 54.6 Å². The van der Waals surface area contributed by atoms with Crippen LogP contribution >= 0.6 is 0 Å². The van der Waals surface area contributed by atoms with Gasteiger partial charge in [0.25, 0.3) is 0 Å². The van der Waals surface area contributed by atoms with Crippen molar-refractivity contribution >= 4 is 0 Å². The average Bonchev–Trinajstić information content (AvgIpc) is 2.37. The molecule has 0 saturated heterocycles. The van der Waals surface area contributed by atoms with Crippen LogP contribution in [0, 0.1) is 6.07 Å². The van der Waals surface area contributed by atoms with Gasteiger partial charge in [0.05, 0.1) is 13.2 Å². The fourth-order valence-corrected chi connectivity index (χ4v) is 1.54. The molecule has 1 nitrogen and oxygen atoms in total. The summed E-state index contributed by atoms with van der Waals surface area (Å²) < 4.78 is 5.61. The molecule has 81 valence electrons. The van der Waals surface area contributed by atoms with Crippen LogP contribution in [-0.2, 0) is 17.8 Å². The molecule has 0 aliphatic rings. The zero-order valence-electron chi connectivity index (χ0n) is 9.23. The predicted molar refractivity (Wildman–Crippen MR) is 65.1 cm³/mol. The lowest BCUT2D eigenvalue weighted by Crippen LogP contribution is -1.98. The fourth-order valence-electron chi connectivity index (χ4n) is 1.54. The third-order valence-electron chi connectivity index (χ3n) is 2.42. The van der Waals surface area contributed by atoms with Crippen LogP contribution in [0.25, 0.3) is 0 Å². The standard InChI is InChI=1S/C15H15O/c1-3-7-14(8-4-1)11-12-16-13-15-9-5-2-6-10-15/h1-3,5-10H,11-13H2. The highest BCUT2D eigenvalue weighted by Gasteiger charge is 1.93. The van der Waals surface area contributed by atoms with Gasteiger partial charge in [0.1, 0.15) is 0 Å². The molecule has 0 N–H and O–H groups in total. The summed E-state index contributed by atoms with van der Waals surface area (Å²) in [5.74, 6) is 0. The summed E-state index contributed by atoms with van der Waals surface area (Å²) in [5.41, 5.74) is 2.50. The monoisotopic (exact) mass is 211 g/mol. The van der Waals surface area contributed by atoms with Gasteiger partial charge in [-0.15, -0.1) is 0 Å². The van der Waals surface area contributed by atoms with E-state index in [0.717, 1.165) is 13.0 Å². The van der Waals surface area contributed by atoms with Gasteiger partial charge in [-0.25, -0.2) is 0 Å². The van der Waals surface area contributed by atoms with E-state index >= 15 is 0 Å². The summed E-state index contributed by atoms with van der Waals surface area (Å²) in [4.78, 5) is 0. The molecule has 0 bridgehead atoms. The van der Waals surface area contributed by atoms with Crippen molar-refractivity contribution in [2.75, 3.05) is 6.61 Å². The summed E-state index contributed by atoms with van der Waals surface area (Å²) in [6.45, 7) is 1.45. The van der Waals surface area contributed by atoms with Crippen molar-refractivity contribution in [1.82, 2.24) is 0 Å². The third kappa shape index (κ3) is 3.52. The Morgan fingerprint density at radius 1 is 0.938 bits per heavy atom. The van der Waals surface area contributed by atoms with Gasteiger partial charge in [0, 0.05) is 0 Å². The summed E-state index contributed by atoms with van der Waals surface area (Å²) in [6.07, 6.45) is 0.949. The Hall–Kier alpha value is -1.60. The maximum absolute atomic E-state index is 5.61. The van der Waals surface area contributed by atoms with Crippen molar-refractivity contribution in [3.05, 3.63) is 71.8 Å². The van der Waals surface area contributed by atoms with Gasteiger partial charge < -0.3 is 4.74 Å². The molecule has 1 radical (unpaired) electrons. The molecule has 0 atom stereocenters. The first-order valence-corrected chi connectivity index (χ1v) is 5.52. The SMILES string of the molecule is [c]1cccc(CCOCc2ccccc2)c1. The van der Waals surface area contributed by atoms with E-state index in [-0.39, 0.29) is 0 Å². The highest BCUT2D eigenvalue weighted by atomic mass is 16.5. The largest absolute Gasteiger partial charge is 0.376 e. The molecule has 0 heterocycles. The van der Waals surface area contributed by atoms with E-state index in [1.54, 1.807) is 0 Å². The second kappa shape index (κ2) is 6.09. The number of hydrogen-bond acceptors (Lipinski definition) is 1. The van der Waals surface area contributed by atoms with Crippen molar-refractivity contribution in [3.8, 4) is 0 Å². The molecule has 2 rings (SSSR count). The molecule has 0 saturated carbocycles. The minimum absolute atomic E-state index is 0.692. The van der Waals surface area contributed by atoms with E-state index in [0.29, 0.717) is 6.61 Å². The van der Waals surface area contributed by atoms with Crippen molar-refractivity contribution < 1.29 is 4.74 Å². The van der Waals surface area contributed by atoms with E-state index in [9.17, 15) is 0 Å². The Balaban J connectivity index is 1.70. The van der Waals surface area contributed by atoms with Gasteiger partial charge in [-0.3, -0.25) is 0 Å². The lowest BCUT2D eigenvalue weighted by molar-refractivity contribution is 0.124. The van der Waals surface area contributed by atoms with E-state index in [2.05, 4.69) is 24.3 Å². The van der Waals surface area contributed by atoms with Crippen LogP contribution in [-0.4, -0.2) is 6.61 Å². The Labute approximate surface area is 96.7 Å². The second-order valence-corrected chi connectivity index (χ2v) is 3.70. The second-order valence-electron chi connectivity index (χ2n) is 3.70. The Kier molecular flexibility index (Phi) is 4.15. The molecule has 1 heteroatoms. The molecule has 0 aromatic heterocycles. The van der Waals surface area contributed by atoms with Crippen molar-refractivity contribution in [2.45, 2.75) is 13.0 Å². The molecule has 2 aromatic carbocycles. The third-order valence-corrected chi connectivity index (χ3v) is 2.42. The molecular weight excluding hydrogens is 196 g/mol. The molecule has 16 heavy (non-hydrogen) atoms. The van der Waals surface area contributed by atoms with Gasteiger partial charge in [0.2, 0.25) is 0 Å². The highest BCUT2D eigenvalue weighted by Crippen LogP contribution is 2.03. The first kappa shape index (κ1) is 10.9. The molecule has 2 aromatic rings. The summed E-state index contributed by atoms with van der Waals surface area (Å²) in [5, 5.41) is 0. The fraction of sp³-hybridized carbons (Fsp3) is 0.200. The predicted octanol–water partition coefficient (Wildman–Crippen LogP) is 3.25. The van der Waals surface area contributed by atoms with Crippen LogP contribution in [0.15, 0.2) is 54.6 Å². The van der Waals surface area contributed by atoms with Crippen molar-refractivity contribution in [3.63, 3.8) is 0 Å². The van der Waals surface area contributed by atoms with Gasteiger partial charge >= 0.3 is 0 Å². The lowest BCUT2D eigenvalue weighted by Gasteiger charge is -2.04. The van der Waals surface area contributed by atoms with Crippen LogP contribution in [0.5, 0.6) is 0 Å². The van der Waals surface area contributed by atoms with Crippen LogP contribution in [0.3, 0.4) is 0 Å². The Morgan fingerprint density at radius 2 is 1.75 bits per heavy atom. The lowest BCUT2D eigenvalue weighted by atomic mass is 10.2. The van der Waals surface area contributed by atoms with E-state index in [4.69, 9.17) is 4.74 Å². The summed E-state index contributed by atoms with van der Waals surface area (Å²) in [7, 11) is 0. The highest BCUT2D eigenvalue weighted by molar-refractivity contribution is 5.14. The van der Waals surface area contributed by atoms with Crippen molar-refractivity contribution in [1.29, 1.82) is 0 Å². The van der Waals surface area contributed by atoms with E-state index < -0.39 is 0 Å². The minimum atomic E-state index is 0.692. The van der Waals surface area contributed by atoms with E-state index in [1.165, 1.54) is 11.1 Å². The molecule has 0 unspecified atom stereocenters. The zero-order chi connectivity index (χ0) is 11.1. The number of rotatable bonds is 5. The molecule has 0 amide bonds. The first-order chi connectivity index (χ1) is 7.95. The molecule has 0 fully saturated rings. The van der Waals surface area contributed by atoms with E-state index in [1.807, 2.05) is 36.4 Å². The average molecular weight is 211 g/mol. The quantitative estimate of drug-likeness (QED) is 0.690. The minimum Gasteiger partial charge on any atom is -0.376 e. The van der Waals surface area contributed by atoms with Gasteiger partial charge in [-0.2, -0.15) is 0 Å². The maximum atomic E-state index is 5.61. The Bertz CT molecular complexity index is 353. The summed E-state index contributed by atoms with van der Waals surface area (Å²) >= 11 is 0. The molecule has 0 aliphatic heterocycles. The first-order valence-electron chi connectivity index (χ1n) is 5.52. The Morgan fingerprint density at radius 3 is 2.50 bits per heavy atom. The number of benzene rings is 2. The molecule has 0 spiro atoms. The number of hydrogen-bond donors (Lipinski definition) is 0. The van der Waals surface area contributed by atoms with Gasteiger partial charge in [0.15, 0.2) is 0 Å². The van der Waals surface area contributed by atoms with Crippen LogP contribution in [0.4, 0.5) is 0 Å². The normalized spacial score (nSPS) is 10.2. The molecular formula is C15H15O. The molecule has 0 aliphatic carbocycles. The van der Waals surface area contributed by atoms with Crippen molar-refractivity contribution in [2.24, 2.45) is 0 Å². The maximum Gasteiger partial charge on any atom is 0.0717 e. The summed E-state index contributed by atoms with van der Waals surface area (Å²) in [6, 6.07) is 21.3. The topological polar surface area (TPSA) is 9.23 Å². The van der Waals surface area contributed by atoms with Crippen LogP contribution in [0.2, 0.25) is 0 Å². The van der Waals surface area contributed by atoms with Crippen LogP contribution in [0.1, 0.15) is 11.1 Å². The zero-order valence-corrected chi connectivity index (χ0v) is 9.23. The smallest absolute Gasteiger partial charge is 0.0717 e. The number of ether oxygens (including phenoxy) is 1. The van der Waals surface area contributed by atoms with Gasteiger partial charge in [-0.05, 0) is 23.6 Å².